The number of benzene rings is 1. The van der Waals surface area contributed by atoms with Crippen molar-refractivity contribution in [2.45, 2.75) is 19.4 Å². The lowest BCUT2D eigenvalue weighted by Gasteiger charge is -2.34. The van der Waals surface area contributed by atoms with Gasteiger partial charge in [0.15, 0.2) is 11.6 Å². The van der Waals surface area contributed by atoms with E-state index in [4.69, 9.17) is 14.7 Å². The standard InChI is InChI=1S/C28H32N6O3S/c35-28(36)19-13-22(21-3-4-29-23(21)14-19)26-30-24-15-20(17-33-7-5-32(6-8-33)16-18-1-2-18)38-25(24)27(31-26)34-9-11-37-12-10-34/h3-4,13-15,18,29H,1-2,5-12,16-17H2,(H,35,36). The highest BCUT2D eigenvalue weighted by molar-refractivity contribution is 7.19. The number of thiophene rings is 1. The largest absolute Gasteiger partial charge is 0.478 e. The summed E-state index contributed by atoms with van der Waals surface area (Å²) in [6.07, 6.45) is 4.65. The molecule has 0 unspecified atom stereocenters. The maximum atomic E-state index is 11.9. The second-order valence-electron chi connectivity index (χ2n) is 10.7. The number of anilines is 1. The predicted molar refractivity (Wildman–Crippen MR) is 149 cm³/mol. The number of ether oxygens (including phenoxy) is 1. The van der Waals surface area contributed by atoms with E-state index in [-0.39, 0.29) is 5.56 Å². The molecule has 0 bridgehead atoms. The number of aromatic carboxylic acids is 1. The van der Waals surface area contributed by atoms with Gasteiger partial charge in [-0.25, -0.2) is 14.8 Å². The fourth-order valence-corrected chi connectivity index (χ4v) is 6.80. The first-order valence-corrected chi connectivity index (χ1v) is 14.3. The van der Waals surface area contributed by atoms with Gasteiger partial charge in [0.2, 0.25) is 0 Å². The molecule has 38 heavy (non-hydrogen) atoms. The van der Waals surface area contributed by atoms with Crippen molar-refractivity contribution in [3.63, 3.8) is 0 Å². The first-order chi connectivity index (χ1) is 18.6. The molecule has 0 atom stereocenters. The molecular weight excluding hydrogens is 500 g/mol. The number of nitrogens with one attached hydrogen (secondary N) is 1. The summed E-state index contributed by atoms with van der Waals surface area (Å²) in [7, 11) is 0. The molecule has 0 spiro atoms. The minimum Gasteiger partial charge on any atom is -0.478 e. The van der Waals surface area contributed by atoms with Gasteiger partial charge in [-0.2, -0.15) is 0 Å². The second kappa shape index (κ2) is 9.92. The molecule has 198 valence electrons. The third kappa shape index (κ3) is 4.77. The Morgan fingerprint density at radius 1 is 1.05 bits per heavy atom. The van der Waals surface area contributed by atoms with E-state index < -0.39 is 5.97 Å². The lowest BCUT2D eigenvalue weighted by atomic mass is 10.0. The summed E-state index contributed by atoms with van der Waals surface area (Å²) in [5.41, 5.74) is 2.65. The van der Waals surface area contributed by atoms with Crippen molar-refractivity contribution in [2.24, 2.45) is 5.92 Å². The van der Waals surface area contributed by atoms with Gasteiger partial charge in [-0.1, -0.05) is 0 Å². The summed E-state index contributed by atoms with van der Waals surface area (Å²) in [5, 5.41) is 10.6. The van der Waals surface area contributed by atoms with Gasteiger partial charge in [0.1, 0.15) is 0 Å². The number of carboxylic acids is 1. The molecule has 5 heterocycles. The number of hydrogen-bond acceptors (Lipinski definition) is 8. The van der Waals surface area contributed by atoms with Crippen LogP contribution < -0.4 is 4.90 Å². The van der Waals surface area contributed by atoms with Gasteiger partial charge >= 0.3 is 5.97 Å². The molecule has 3 aromatic heterocycles. The molecule has 0 radical (unpaired) electrons. The molecule has 7 rings (SSSR count). The molecule has 1 saturated carbocycles. The van der Waals surface area contributed by atoms with Crippen LogP contribution in [0.5, 0.6) is 0 Å². The maximum absolute atomic E-state index is 11.9. The minimum atomic E-state index is -0.965. The molecule has 4 aromatic rings. The normalized spacial score (nSPS) is 19.5. The number of piperazine rings is 1. The number of aromatic amines is 1. The van der Waals surface area contributed by atoms with Crippen molar-refractivity contribution in [3.05, 3.63) is 40.9 Å². The SMILES string of the molecule is O=C(O)c1cc(-c2nc(N3CCOCC3)c3sc(CN4CCN(CC5CC5)CC4)cc3n2)c2cc[nH]c2c1. The summed E-state index contributed by atoms with van der Waals surface area (Å²) < 4.78 is 6.71. The predicted octanol–water partition coefficient (Wildman–Crippen LogP) is 3.90. The smallest absolute Gasteiger partial charge is 0.335 e. The van der Waals surface area contributed by atoms with E-state index in [0.717, 1.165) is 84.2 Å². The van der Waals surface area contributed by atoms with Crippen LogP contribution in [-0.4, -0.2) is 94.9 Å². The van der Waals surface area contributed by atoms with Crippen molar-refractivity contribution in [2.75, 3.05) is 63.9 Å². The average molecular weight is 533 g/mol. The fraction of sp³-hybridized carbons (Fsp3) is 0.464. The Kier molecular flexibility index (Phi) is 6.27. The summed E-state index contributed by atoms with van der Waals surface area (Å²) in [6, 6.07) is 7.52. The van der Waals surface area contributed by atoms with E-state index >= 15 is 0 Å². The number of aromatic nitrogens is 3. The van der Waals surface area contributed by atoms with Crippen LogP contribution >= 0.6 is 11.3 Å². The number of carboxylic acid groups (broad SMARTS) is 1. The fourth-order valence-electron chi connectivity index (χ4n) is 5.64. The van der Waals surface area contributed by atoms with Crippen LogP contribution in [0, 0.1) is 5.92 Å². The number of rotatable bonds is 7. The van der Waals surface area contributed by atoms with Gasteiger partial charge in [0.05, 0.1) is 29.0 Å². The topological polar surface area (TPSA) is 97.8 Å². The van der Waals surface area contributed by atoms with Crippen LogP contribution in [0.3, 0.4) is 0 Å². The molecule has 2 aliphatic heterocycles. The average Bonchev–Trinajstić information content (AvgIpc) is 3.45. The molecule has 9 nitrogen and oxygen atoms in total. The van der Waals surface area contributed by atoms with E-state index in [1.54, 1.807) is 23.5 Å². The highest BCUT2D eigenvalue weighted by Gasteiger charge is 2.27. The summed E-state index contributed by atoms with van der Waals surface area (Å²) in [6.45, 7) is 9.58. The zero-order valence-electron chi connectivity index (χ0n) is 21.4. The third-order valence-electron chi connectivity index (χ3n) is 7.93. The number of nitrogens with zero attached hydrogens (tertiary/aromatic N) is 5. The summed E-state index contributed by atoms with van der Waals surface area (Å²) in [5.74, 6) is 1.46. The van der Waals surface area contributed by atoms with Crippen LogP contribution in [0.2, 0.25) is 0 Å². The minimum absolute atomic E-state index is 0.221. The molecule has 2 saturated heterocycles. The van der Waals surface area contributed by atoms with Crippen LogP contribution in [-0.2, 0) is 11.3 Å². The molecule has 10 heteroatoms. The van der Waals surface area contributed by atoms with Gasteiger partial charge in [-0.15, -0.1) is 11.3 Å². The first-order valence-electron chi connectivity index (χ1n) is 13.5. The number of morpholine rings is 1. The molecule has 3 aliphatic rings. The van der Waals surface area contributed by atoms with Crippen LogP contribution in [0.15, 0.2) is 30.5 Å². The molecular formula is C28H32N6O3S. The Morgan fingerprint density at radius 3 is 2.61 bits per heavy atom. The molecule has 1 aliphatic carbocycles. The van der Waals surface area contributed by atoms with Crippen molar-refractivity contribution in [3.8, 4) is 11.4 Å². The number of carbonyl (C=O) groups is 1. The van der Waals surface area contributed by atoms with Crippen LogP contribution in [0.25, 0.3) is 32.5 Å². The van der Waals surface area contributed by atoms with E-state index in [2.05, 4.69) is 25.8 Å². The van der Waals surface area contributed by atoms with Crippen molar-refractivity contribution < 1.29 is 14.6 Å². The van der Waals surface area contributed by atoms with Gasteiger partial charge in [-0.05, 0) is 43.0 Å². The molecule has 3 fully saturated rings. The molecule has 2 N–H and O–H groups in total. The monoisotopic (exact) mass is 532 g/mol. The quantitative estimate of drug-likeness (QED) is 0.370. The lowest BCUT2D eigenvalue weighted by molar-refractivity contribution is 0.0697. The Bertz CT molecular complexity index is 1480. The van der Waals surface area contributed by atoms with Crippen LogP contribution in [0.4, 0.5) is 5.82 Å². The summed E-state index contributed by atoms with van der Waals surface area (Å²) in [4.78, 5) is 33.8. The lowest BCUT2D eigenvalue weighted by Crippen LogP contribution is -2.46. The number of hydrogen-bond donors (Lipinski definition) is 2. The highest BCUT2D eigenvalue weighted by Crippen LogP contribution is 2.37. The van der Waals surface area contributed by atoms with Crippen molar-refractivity contribution >= 4 is 44.2 Å². The summed E-state index contributed by atoms with van der Waals surface area (Å²) >= 11 is 1.79. The Morgan fingerprint density at radius 2 is 1.84 bits per heavy atom. The molecule has 1 aromatic carbocycles. The van der Waals surface area contributed by atoms with E-state index in [9.17, 15) is 9.90 Å². The third-order valence-corrected chi connectivity index (χ3v) is 9.03. The highest BCUT2D eigenvalue weighted by atomic mass is 32.1. The van der Waals surface area contributed by atoms with Crippen molar-refractivity contribution in [1.82, 2.24) is 24.8 Å². The Labute approximate surface area is 225 Å². The maximum Gasteiger partial charge on any atom is 0.335 e. The molecule has 0 amide bonds. The Hall–Kier alpha value is -3.05. The van der Waals surface area contributed by atoms with Crippen LogP contribution in [0.1, 0.15) is 28.1 Å². The van der Waals surface area contributed by atoms with Gasteiger partial charge < -0.3 is 24.6 Å². The zero-order chi connectivity index (χ0) is 25.6. The second-order valence-corrected chi connectivity index (χ2v) is 11.8. The van der Waals surface area contributed by atoms with E-state index in [0.29, 0.717) is 19.0 Å². The zero-order valence-corrected chi connectivity index (χ0v) is 22.2. The first kappa shape index (κ1) is 24.0. The number of H-pyrrole nitrogens is 1. The number of fused-ring (bicyclic) bond motifs is 2. The van der Waals surface area contributed by atoms with E-state index in [1.165, 1.54) is 24.3 Å². The Balaban J connectivity index is 1.24. The van der Waals surface area contributed by atoms with Gasteiger partial charge in [0.25, 0.3) is 0 Å². The van der Waals surface area contributed by atoms with Gasteiger partial charge in [0, 0.05) is 79.9 Å². The van der Waals surface area contributed by atoms with Crippen molar-refractivity contribution in [1.29, 1.82) is 0 Å². The van der Waals surface area contributed by atoms with Gasteiger partial charge in [-0.3, -0.25) is 4.90 Å². The van der Waals surface area contributed by atoms with E-state index in [1.807, 2.05) is 12.3 Å².